The average Bonchev–Trinajstić information content (AvgIpc) is 2.79. The first kappa shape index (κ1) is 12.6. The van der Waals surface area contributed by atoms with Crippen molar-refractivity contribution < 1.29 is 19.1 Å². The van der Waals surface area contributed by atoms with Crippen molar-refractivity contribution >= 4 is 17.5 Å². The molecule has 0 bridgehead atoms. The van der Waals surface area contributed by atoms with Gasteiger partial charge in [-0.05, 0) is 24.3 Å². The van der Waals surface area contributed by atoms with E-state index in [4.69, 9.17) is 4.74 Å². The van der Waals surface area contributed by atoms with Crippen LogP contribution in [0.5, 0.6) is 0 Å². The minimum absolute atomic E-state index is 0.0788. The maximum atomic E-state index is 12.9. The Kier molecular flexibility index (Phi) is 2.35. The van der Waals surface area contributed by atoms with Crippen LogP contribution in [0, 0.1) is 22.7 Å². The number of hydrogen-bond donors (Lipinski definition) is 0. The van der Waals surface area contributed by atoms with Crippen molar-refractivity contribution in [2.45, 2.75) is 33.1 Å². The van der Waals surface area contributed by atoms with Gasteiger partial charge in [-0.2, -0.15) is 0 Å². The van der Waals surface area contributed by atoms with E-state index in [2.05, 4.69) is 6.58 Å². The summed E-state index contributed by atoms with van der Waals surface area (Å²) < 4.78 is 5.04. The fourth-order valence-electron chi connectivity index (χ4n) is 4.16. The Balaban J connectivity index is 2.12. The molecule has 19 heavy (non-hydrogen) atoms. The van der Waals surface area contributed by atoms with Gasteiger partial charge in [-0.15, -0.1) is 0 Å². The van der Waals surface area contributed by atoms with Gasteiger partial charge in [0.2, 0.25) is 0 Å². The first-order chi connectivity index (χ1) is 8.85. The molecule has 2 saturated carbocycles. The lowest BCUT2D eigenvalue weighted by atomic mass is 9.62. The Labute approximate surface area is 112 Å². The van der Waals surface area contributed by atoms with E-state index in [-0.39, 0.29) is 30.0 Å². The summed E-state index contributed by atoms with van der Waals surface area (Å²) in [5.41, 5.74) is -1.34. The number of carbonyl (C=O) groups is 3. The average molecular weight is 262 g/mol. The number of fused-ring (bicyclic) bond motifs is 1. The van der Waals surface area contributed by atoms with Crippen molar-refractivity contribution in [3.63, 3.8) is 0 Å². The Morgan fingerprint density at radius 1 is 1.32 bits per heavy atom. The zero-order valence-electron chi connectivity index (χ0n) is 11.3. The molecule has 0 aromatic carbocycles. The van der Waals surface area contributed by atoms with Gasteiger partial charge in [0.1, 0.15) is 12.4 Å². The molecular weight excluding hydrogens is 244 g/mol. The molecule has 1 aliphatic heterocycles. The highest BCUT2D eigenvalue weighted by Gasteiger charge is 2.69. The Morgan fingerprint density at radius 3 is 2.58 bits per heavy atom. The molecule has 102 valence electrons. The summed E-state index contributed by atoms with van der Waals surface area (Å²) in [6.07, 6.45) is 1.66. The largest absolute Gasteiger partial charge is 0.460 e. The molecular formula is C15H18O4. The molecule has 0 aromatic heterocycles. The first-order valence-electron chi connectivity index (χ1n) is 6.78. The van der Waals surface area contributed by atoms with Crippen LogP contribution < -0.4 is 0 Å². The van der Waals surface area contributed by atoms with Crippen LogP contribution in [0.15, 0.2) is 12.2 Å². The van der Waals surface area contributed by atoms with Gasteiger partial charge >= 0.3 is 5.97 Å². The number of ketones is 2. The van der Waals surface area contributed by atoms with Gasteiger partial charge < -0.3 is 4.74 Å². The molecule has 0 radical (unpaired) electrons. The second-order valence-corrected chi connectivity index (χ2v) is 6.32. The van der Waals surface area contributed by atoms with Crippen LogP contribution in [0.25, 0.3) is 0 Å². The third-order valence-electron chi connectivity index (χ3n) is 5.73. The van der Waals surface area contributed by atoms with Gasteiger partial charge in [0.15, 0.2) is 11.2 Å². The second-order valence-electron chi connectivity index (χ2n) is 6.32. The fraction of sp³-hybridized carbons (Fsp3) is 0.667. The number of hydrogen-bond acceptors (Lipinski definition) is 4. The number of carbonyl (C=O) groups excluding carboxylic acids is 3. The van der Waals surface area contributed by atoms with E-state index in [1.165, 1.54) is 0 Å². The van der Waals surface area contributed by atoms with Gasteiger partial charge in [-0.3, -0.25) is 14.4 Å². The standard InChI is InChI=1S/C15H18O4/c1-8-7-19-13(18)15(8)6-10-4-5-11(16)9(2)14(10,3)12(15)17/h9-10H,1,4-7H2,2-3H3/t9-,10+,14+,15-/m0/s1. The summed E-state index contributed by atoms with van der Waals surface area (Å²) >= 11 is 0. The molecule has 3 rings (SSSR count). The van der Waals surface area contributed by atoms with E-state index in [0.29, 0.717) is 24.8 Å². The predicted octanol–water partition coefficient (Wildman–Crippen LogP) is 1.68. The van der Waals surface area contributed by atoms with Crippen LogP contribution in [0.3, 0.4) is 0 Å². The molecule has 4 atom stereocenters. The van der Waals surface area contributed by atoms with Crippen LogP contribution in [0.4, 0.5) is 0 Å². The zero-order chi connectivity index (χ0) is 14.0. The molecule has 1 heterocycles. The highest BCUT2D eigenvalue weighted by molar-refractivity contribution is 6.14. The highest BCUT2D eigenvalue weighted by atomic mass is 16.5. The van der Waals surface area contributed by atoms with Gasteiger partial charge in [0.25, 0.3) is 0 Å². The normalized spacial score (nSPS) is 45.8. The number of ether oxygens (including phenoxy) is 1. The van der Waals surface area contributed by atoms with Crippen molar-refractivity contribution in [3.05, 3.63) is 12.2 Å². The lowest BCUT2D eigenvalue weighted by Gasteiger charge is -2.39. The van der Waals surface area contributed by atoms with Crippen LogP contribution in [-0.4, -0.2) is 24.1 Å². The van der Waals surface area contributed by atoms with Crippen molar-refractivity contribution in [3.8, 4) is 0 Å². The fourth-order valence-corrected chi connectivity index (χ4v) is 4.16. The molecule has 2 aliphatic carbocycles. The SMILES string of the molecule is C=C1COC(=O)[C@@]12C[C@H]1CCC(=O)[C@H](C)[C@@]1(C)C2=O. The van der Waals surface area contributed by atoms with E-state index < -0.39 is 16.8 Å². The molecule has 3 aliphatic rings. The highest BCUT2D eigenvalue weighted by Crippen LogP contribution is 2.61. The molecule has 1 saturated heterocycles. The third-order valence-corrected chi connectivity index (χ3v) is 5.73. The topological polar surface area (TPSA) is 60.4 Å². The van der Waals surface area contributed by atoms with Crippen molar-refractivity contribution in [1.82, 2.24) is 0 Å². The lowest BCUT2D eigenvalue weighted by Crippen LogP contribution is -2.46. The molecule has 0 N–H and O–H groups in total. The summed E-state index contributed by atoms with van der Waals surface area (Å²) in [7, 11) is 0. The minimum atomic E-state index is -1.17. The van der Waals surface area contributed by atoms with Gasteiger partial charge in [-0.25, -0.2) is 0 Å². The second kappa shape index (κ2) is 3.56. The van der Waals surface area contributed by atoms with Crippen LogP contribution >= 0.6 is 0 Å². The maximum absolute atomic E-state index is 12.9. The number of cyclic esters (lactones) is 1. The lowest BCUT2D eigenvalue weighted by molar-refractivity contribution is -0.153. The summed E-state index contributed by atoms with van der Waals surface area (Å²) in [5.74, 6) is -0.716. The van der Waals surface area contributed by atoms with E-state index in [9.17, 15) is 14.4 Å². The smallest absolute Gasteiger partial charge is 0.324 e. The molecule has 0 aromatic rings. The van der Waals surface area contributed by atoms with Crippen molar-refractivity contribution in [1.29, 1.82) is 0 Å². The van der Waals surface area contributed by atoms with E-state index in [0.717, 1.165) is 0 Å². The summed E-state index contributed by atoms with van der Waals surface area (Å²) in [6.45, 7) is 7.66. The Hall–Kier alpha value is -1.45. The summed E-state index contributed by atoms with van der Waals surface area (Å²) in [6, 6.07) is 0. The first-order valence-corrected chi connectivity index (χ1v) is 6.78. The summed E-state index contributed by atoms with van der Waals surface area (Å²) in [5, 5.41) is 0. The van der Waals surface area contributed by atoms with Gasteiger partial charge in [0.05, 0.1) is 0 Å². The molecule has 0 unspecified atom stereocenters. The number of esters is 1. The monoisotopic (exact) mass is 262 g/mol. The third kappa shape index (κ3) is 1.22. The van der Waals surface area contributed by atoms with Gasteiger partial charge in [0, 0.05) is 17.8 Å². The number of Topliss-reactive ketones (excluding diaryl/α,β-unsaturated/α-hetero) is 2. The van der Waals surface area contributed by atoms with E-state index >= 15 is 0 Å². The Morgan fingerprint density at radius 2 is 2.00 bits per heavy atom. The van der Waals surface area contributed by atoms with E-state index in [1.54, 1.807) is 0 Å². The Bertz CT molecular complexity index is 502. The minimum Gasteiger partial charge on any atom is -0.460 e. The van der Waals surface area contributed by atoms with Crippen LogP contribution in [0.2, 0.25) is 0 Å². The molecule has 0 amide bonds. The van der Waals surface area contributed by atoms with Crippen molar-refractivity contribution in [2.24, 2.45) is 22.7 Å². The summed E-state index contributed by atoms with van der Waals surface area (Å²) in [4.78, 5) is 37.0. The van der Waals surface area contributed by atoms with Gasteiger partial charge in [-0.1, -0.05) is 20.4 Å². The van der Waals surface area contributed by atoms with Crippen LogP contribution in [-0.2, 0) is 19.1 Å². The molecule has 1 spiro atoms. The molecule has 4 heteroatoms. The number of rotatable bonds is 0. The predicted molar refractivity (Wildman–Crippen MR) is 67.2 cm³/mol. The van der Waals surface area contributed by atoms with Crippen molar-refractivity contribution in [2.75, 3.05) is 6.61 Å². The molecule has 4 nitrogen and oxygen atoms in total. The molecule has 3 fully saturated rings. The zero-order valence-corrected chi connectivity index (χ0v) is 11.3. The van der Waals surface area contributed by atoms with Crippen LogP contribution in [0.1, 0.15) is 33.1 Å². The quantitative estimate of drug-likeness (QED) is 0.378. The van der Waals surface area contributed by atoms with E-state index in [1.807, 2.05) is 13.8 Å². The maximum Gasteiger partial charge on any atom is 0.324 e.